The Labute approximate surface area is 159 Å². The van der Waals surface area contributed by atoms with Gasteiger partial charge in [0.25, 0.3) is 0 Å². The molecule has 5 nitrogen and oxygen atoms in total. The summed E-state index contributed by atoms with van der Waals surface area (Å²) < 4.78 is 5.42. The van der Waals surface area contributed by atoms with Gasteiger partial charge < -0.3 is 15.2 Å². The van der Waals surface area contributed by atoms with Crippen molar-refractivity contribution < 1.29 is 19.4 Å². The minimum absolute atomic E-state index is 0.0472. The molecule has 0 bridgehead atoms. The van der Waals surface area contributed by atoms with Crippen molar-refractivity contribution in [2.24, 2.45) is 5.41 Å². The molecule has 1 aliphatic rings. The number of carbonyl (C=O) groups excluding carboxylic acids is 1. The highest BCUT2D eigenvalue weighted by atomic mass is 16.5. The van der Waals surface area contributed by atoms with Gasteiger partial charge in [-0.1, -0.05) is 69.3 Å². The van der Waals surface area contributed by atoms with E-state index < -0.39 is 18.1 Å². The third-order valence-electron chi connectivity index (χ3n) is 4.75. The molecule has 142 valence electrons. The van der Waals surface area contributed by atoms with E-state index in [-0.39, 0.29) is 17.9 Å². The average molecular weight is 367 g/mol. The summed E-state index contributed by atoms with van der Waals surface area (Å²) in [4.78, 5) is 23.7. The minimum atomic E-state index is -1.06. The second kappa shape index (κ2) is 7.43. The summed E-state index contributed by atoms with van der Waals surface area (Å²) in [6, 6.07) is 15.2. The van der Waals surface area contributed by atoms with Crippen molar-refractivity contribution in [3.8, 4) is 11.1 Å². The number of hydrogen-bond acceptors (Lipinski definition) is 3. The monoisotopic (exact) mass is 367 g/mol. The van der Waals surface area contributed by atoms with Crippen LogP contribution in [-0.4, -0.2) is 29.8 Å². The lowest BCUT2D eigenvalue weighted by Crippen LogP contribution is -2.43. The molecule has 0 spiro atoms. The molecule has 3 rings (SSSR count). The Kier molecular flexibility index (Phi) is 5.22. The van der Waals surface area contributed by atoms with E-state index >= 15 is 0 Å². The van der Waals surface area contributed by atoms with Gasteiger partial charge in [0.2, 0.25) is 0 Å². The van der Waals surface area contributed by atoms with Gasteiger partial charge in [0.1, 0.15) is 12.6 Å². The molecular weight excluding hydrogens is 342 g/mol. The SMILES string of the molecule is CC(C)(C)C[C@H](NC(=O)OCC1c2ccccc2-c2ccccc21)C(=O)O. The molecule has 27 heavy (non-hydrogen) atoms. The van der Waals surface area contributed by atoms with Crippen molar-refractivity contribution in [1.82, 2.24) is 5.32 Å². The molecule has 0 saturated heterocycles. The summed E-state index contributed by atoms with van der Waals surface area (Å²) in [5, 5.41) is 11.8. The Morgan fingerprint density at radius 3 is 2.04 bits per heavy atom. The third-order valence-corrected chi connectivity index (χ3v) is 4.75. The fourth-order valence-electron chi connectivity index (χ4n) is 3.59. The number of carboxylic acid groups (broad SMARTS) is 1. The first-order valence-electron chi connectivity index (χ1n) is 9.10. The Morgan fingerprint density at radius 1 is 1.04 bits per heavy atom. The zero-order chi connectivity index (χ0) is 19.6. The molecule has 2 aromatic carbocycles. The fourth-order valence-corrected chi connectivity index (χ4v) is 3.59. The standard InChI is InChI=1S/C22H25NO4/c1-22(2,3)12-19(20(24)25)23-21(26)27-13-18-16-10-6-4-8-14(16)15-9-5-7-11-17(15)18/h4-11,18-19H,12-13H2,1-3H3,(H,23,26)(H,24,25)/t19-/m0/s1. The van der Waals surface area contributed by atoms with Gasteiger partial charge in [-0.05, 0) is 34.1 Å². The first-order valence-corrected chi connectivity index (χ1v) is 9.10. The van der Waals surface area contributed by atoms with Crippen LogP contribution in [0.4, 0.5) is 4.79 Å². The zero-order valence-electron chi connectivity index (χ0n) is 15.9. The Bertz CT molecular complexity index is 808. The summed E-state index contributed by atoms with van der Waals surface area (Å²) in [6.45, 7) is 5.97. The van der Waals surface area contributed by atoms with Crippen molar-refractivity contribution >= 4 is 12.1 Å². The van der Waals surface area contributed by atoms with Crippen molar-refractivity contribution in [2.75, 3.05) is 6.61 Å². The van der Waals surface area contributed by atoms with Crippen molar-refractivity contribution in [3.63, 3.8) is 0 Å². The van der Waals surface area contributed by atoms with E-state index in [4.69, 9.17) is 4.74 Å². The van der Waals surface area contributed by atoms with Gasteiger partial charge in [-0.2, -0.15) is 0 Å². The maximum Gasteiger partial charge on any atom is 0.407 e. The average Bonchev–Trinajstić information content (AvgIpc) is 2.92. The number of carbonyl (C=O) groups is 2. The summed E-state index contributed by atoms with van der Waals surface area (Å²) >= 11 is 0. The minimum Gasteiger partial charge on any atom is -0.480 e. The molecule has 0 aliphatic heterocycles. The molecule has 2 aromatic rings. The number of carboxylic acids is 1. The molecule has 0 saturated carbocycles. The number of hydrogen-bond donors (Lipinski definition) is 2. The summed E-state index contributed by atoms with van der Waals surface area (Å²) in [5.74, 6) is -1.10. The quantitative estimate of drug-likeness (QED) is 0.820. The smallest absolute Gasteiger partial charge is 0.407 e. The third kappa shape index (κ3) is 4.30. The van der Waals surface area contributed by atoms with Crippen LogP contribution in [0.15, 0.2) is 48.5 Å². The molecule has 5 heteroatoms. The lowest BCUT2D eigenvalue weighted by molar-refractivity contribution is -0.140. The molecule has 0 fully saturated rings. The van der Waals surface area contributed by atoms with E-state index in [1.165, 1.54) is 0 Å². The Morgan fingerprint density at radius 2 is 1.56 bits per heavy atom. The van der Waals surface area contributed by atoms with Crippen molar-refractivity contribution in [1.29, 1.82) is 0 Å². The Hall–Kier alpha value is -2.82. The summed E-state index contributed by atoms with van der Waals surface area (Å²) in [6.07, 6.45) is -0.375. The number of ether oxygens (including phenoxy) is 1. The highest BCUT2D eigenvalue weighted by Crippen LogP contribution is 2.44. The molecule has 1 amide bonds. The van der Waals surface area contributed by atoms with Crippen LogP contribution in [0.25, 0.3) is 11.1 Å². The number of benzene rings is 2. The lowest BCUT2D eigenvalue weighted by atomic mass is 9.88. The Balaban J connectivity index is 1.69. The number of alkyl carbamates (subject to hydrolysis) is 1. The second-order valence-corrected chi connectivity index (χ2v) is 8.13. The predicted molar refractivity (Wildman–Crippen MR) is 104 cm³/mol. The van der Waals surface area contributed by atoms with Gasteiger partial charge in [-0.15, -0.1) is 0 Å². The van der Waals surface area contributed by atoms with E-state index in [9.17, 15) is 14.7 Å². The summed E-state index contributed by atoms with van der Waals surface area (Å²) in [5.41, 5.74) is 4.32. The lowest BCUT2D eigenvalue weighted by Gasteiger charge is -2.24. The van der Waals surface area contributed by atoms with E-state index in [1.54, 1.807) is 0 Å². The largest absolute Gasteiger partial charge is 0.480 e. The van der Waals surface area contributed by atoms with Crippen LogP contribution >= 0.6 is 0 Å². The van der Waals surface area contributed by atoms with Crippen LogP contribution in [0.2, 0.25) is 0 Å². The van der Waals surface area contributed by atoms with Gasteiger partial charge in [-0.25, -0.2) is 9.59 Å². The first-order chi connectivity index (χ1) is 12.8. The molecular formula is C22H25NO4. The number of fused-ring (bicyclic) bond motifs is 3. The summed E-state index contributed by atoms with van der Waals surface area (Å²) in [7, 11) is 0. The van der Waals surface area contributed by atoms with Gasteiger partial charge in [0, 0.05) is 5.92 Å². The molecule has 1 atom stereocenters. The van der Waals surface area contributed by atoms with E-state index in [0.717, 1.165) is 22.3 Å². The number of nitrogens with one attached hydrogen (secondary N) is 1. The maximum absolute atomic E-state index is 12.2. The number of aliphatic carboxylic acids is 1. The molecule has 0 aromatic heterocycles. The van der Waals surface area contributed by atoms with Crippen molar-refractivity contribution in [3.05, 3.63) is 59.7 Å². The van der Waals surface area contributed by atoms with E-state index in [1.807, 2.05) is 57.2 Å². The molecule has 1 aliphatic carbocycles. The zero-order valence-corrected chi connectivity index (χ0v) is 15.9. The van der Waals surface area contributed by atoms with Gasteiger partial charge in [-0.3, -0.25) is 0 Å². The normalized spacial score (nSPS) is 14.2. The molecule has 0 unspecified atom stereocenters. The van der Waals surface area contributed by atoms with Gasteiger partial charge >= 0.3 is 12.1 Å². The van der Waals surface area contributed by atoms with Gasteiger partial charge in [0.05, 0.1) is 0 Å². The highest BCUT2D eigenvalue weighted by molar-refractivity contribution is 5.81. The van der Waals surface area contributed by atoms with Crippen LogP contribution < -0.4 is 5.32 Å². The van der Waals surface area contributed by atoms with Crippen LogP contribution in [0.1, 0.15) is 44.2 Å². The van der Waals surface area contributed by atoms with Crippen LogP contribution in [0.3, 0.4) is 0 Å². The number of amides is 1. The second-order valence-electron chi connectivity index (χ2n) is 8.13. The first kappa shape index (κ1) is 19.0. The highest BCUT2D eigenvalue weighted by Gasteiger charge is 2.30. The van der Waals surface area contributed by atoms with E-state index in [2.05, 4.69) is 17.4 Å². The predicted octanol–water partition coefficient (Wildman–Crippen LogP) is 4.41. The van der Waals surface area contributed by atoms with E-state index in [0.29, 0.717) is 6.42 Å². The van der Waals surface area contributed by atoms with Crippen molar-refractivity contribution in [2.45, 2.75) is 39.2 Å². The van der Waals surface area contributed by atoms with Crippen LogP contribution in [-0.2, 0) is 9.53 Å². The topological polar surface area (TPSA) is 75.6 Å². The van der Waals surface area contributed by atoms with Crippen LogP contribution in [0, 0.1) is 5.41 Å². The maximum atomic E-state index is 12.2. The number of rotatable bonds is 5. The molecule has 2 N–H and O–H groups in total. The fraction of sp³-hybridized carbons (Fsp3) is 0.364. The van der Waals surface area contributed by atoms with Crippen LogP contribution in [0.5, 0.6) is 0 Å². The molecule has 0 heterocycles. The molecule has 0 radical (unpaired) electrons. The van der Waals surface area contributed by atoms with Gasteiger partial charge in [0.15, 0.2) is 0 Å².